The van der Waals surface area contributed by atoms with Gasteiger partial charge in [0.05, 0.1) is 0 Å². The predicted molar refractivity (Wildman–Crippen MR) is 68.3 cm³/mol. The molecule has 0 fully saturated rings. The molecule has 0 heterocycles. The van der Waals surface area contributed by atoms with Crippen LogP contribution in [0, 0.1) is 0 Å². The minimum Gasteiger partial charge on any atom is -0.0616 e. The van der Waals surface area contributed by atoms with E-state index in [4.69, 9.17) is 0 Å². The summed E-state index contributed by atoms with van der Waals surface area (Å²) < 4.78 is 0. The standard InChI is InChI=1S/C16H8/c1-2-4-13-12(3-1)14-8-10-7-9-5-6-11(10)16(13)15(9)14/h1-8H. The van der Waals surface area contributed by atoms with Crippen LogP contribution in [-0.2, 0) is 0 Å². The van der Waals surface area contributed by atoms with Crippen molar-refractivity contribution in [1.29, 1.82) is 0 Å². The number of hydrogen-bond acceptors (Lipinski definition) is 0. The third-order valence-electron chi connectivity index (χ3n) is 3.92. The first-order valence-electron chi connectivity index (χ1n) is 5.64. The van der Waals surface area contributed by atoms with Gasteiger partial charge in [-0.25, -0.2) is 0 Å². The van der Waals surface area contributed by atoms with E-state index in [1.807, 2.05) is 0 Å². The van der Waals surface area contributed by atoms with Crippen molar-refractivity contribution in [2.45, 2.75) is 0 Å². The van der Waals surface area contributed by atoms with Crippen LogP contribution < -0.4 is 0 Å². The molecule has 16 heavy (non-hydrogen) atoms. The van der Waals surface area contributed by atoms with Crippen molar-refractivity contribution in [3.8, 4) is 22.3 Å². The van der Waals surface area contributed by atoms with Crippen molar-refractivity contribution in [2.24, 2.45) is 0 Å². The third kappa shape index (κ3) is 0.570. The summed E-state index contributed by atoms with van der Waals surface area (Å²) in [6.07, 6.45) is 0. The van der Waals surface area contributed by atoms with Gasteiger partial charge in [-0.3, -0.25) is 0 Å². The van der Waals surface area contributed by atoms with Crippen LogP contribution >= 0.6 is 0 Å². The summed E-state index contributed by atoms with van der Waals surface area (Å²) in [5.74, 6) is 0. The highest BCUT2D eigenvalue weighted by molar-refractivity contribution is 6.28. The highest BCUT2D eigenvalue weighted by atomic mass is 14.3. The molecule has 0 saturated heterocycles. The van der Waals surface area contributed by atoms with Crippen LogP contribution in [-0.4, -0.2) is 0 Å². The summed E-state index contributed by atoms with van der Waals surface area (Å²) >= 11 is 0. The Labute approximate surface area is 92.8 Å². The molecular weight excluding hydrogens is 192 g/mol. The van der Waals surface area contributed by atoms with Gasteiger partial charge in [0.1, 0.15) is 0 Å². The second-order valence-corrected chi connectivity index (χ2v) is 4.66. The monoisotopic (exact) mass is 200 g/mol. The van der Waals surface area contributed by atoms with E-state index < -0.39 is 0 Å². The zero-order valence-corrected chi connectivity index (χ0v) is 8.62. The molecule has 0 saturated carbocycles. The van der Waals surface area contributed by atoms with E-state index in [1.165, 1.54) is 43.8 Å². The first-order chi connectivity index (χ1) is 7.93. The lowest BCUT2D eigenvalue weighted by Gasteiger charge is -2.12. The van der Waals surface area contributed by atoms with E-state index in [2.05, 4.69) is 48.5 Å². The molecule has 0 atom stereocenters. The van der Waals surface area contributed by atoms with E-state index in [-0.39, 0.29) is 0 Å². The van der Waals surface area contributed by atoms with Crippen molar-refractivity contribution >= 4 is 21.5 Å². The molecule has 6 bridgehead atoms. The van der Waals surface area contributed by atoms with Crippen molar-refractivity contribution in [1.82, 2.24) is 0 Å². The van der Waals surface area contributed by atoms with Crippen molar-refractivity contribution < 1.29 is 0 Å². The molecule has 1 aliphatic carbocycles. The van der Waals surface area contributed by atoms with E-state index in [0.717, 1.165) is 0 Å². The fraction of sp³-hybridized carbons (Fsp3) is 0. The number of rotatable bonds is 0. The highest BCUT2D eigenvalue weighted by Crippen LogP contribution is 2.53. The van der Waals surface area contributed by atoms with E-state index >= 15 is 0 Å². The summed E-state index contributed by atoms with van der Waals surface area (Å²) in [4.78, 5) is 0. The smallest absolute Gasteiger partial charge is 0.00143 e. The molecule has 0 N–H and O–H groups in total. The quantitative estimate of drug-likeness (QED) is 0.345. The second kappa shape index (κ2) is 2.05. The Hall–Kier alpha value is -2.08. The van der Waals surface area contributed by atoms with Gasteiger partial charge < -0.3 is 0 Å². The van der Waals surface area contributed by atoms with Crippen molar-refractivity contribution in [3.05, 3.63) is 48.5 Å². The predicted octanol–water partition coefficient (Wildman–Crippen LogP) is 4.52. The molecule has 72 valence electrons. The van der Waals surface area contributed by atoms with Crippen LogP contribution in [0.5, 0.6) is 0 Å². The van der Waals surface area contributed by atoms with Gasteiger partial charge in [0.15, 0.2) is 0 Å². The van der Waals surface area contributed by atoms with Gasteiger partial charge in [-0.15, -0.1) is 0 Å². The van der Waals surface area contributed by atoms with Gasteiger partial charge in [0, 0.05) is 0 Å². The first-order valence-corrected chi connectivity index (χ1v) is 5.64. The summed E-state index contributed by atoms with van der Waals surface area (Å²) in [5.41, 5.74) is 5.74. The number of benzene rings is 6. The van der Waals surface area contributed by atoms with Gasteiger partial charge in [-0.1, -0.05) is 36.4 Å². The maximum Gasteiger partial charge on any atom is -0.00143 e. The fourth-order valence-corrected chi connectivity index (χ4v) is 3.29. The van der Waals surface area contributed by atoms with Crippen LogP contribution in [0.25, 0.3) is 43.8 Å². The van der Waals surface area contributed by atoms with Crippen molar-refractivity contribution in [3.63, 3.8) is 0 Å². The molecule has 0 spiro atoms. The SMILES string of the molecule is c1ccc2c(c1)-c1cc3cc4ccc3c-2c14. The minimum absolute atomic E-state index is 1.40. The Kier molecular flexibility index (Phi) is 0.927. The van der Waals surface area contributed by atoms with E-state index in [9.17, 15) is 0 Å². The zero-order valence-electron chi connectivity index (χ0n) is 8.62. The lowest BCUT2D eigenvalue weighted by Crippen LogP contribution is -1.85. The minimum atomic E-state index is 1.40. The van der Waals surface area contributed by atoms with E-state index in [0.29, 0.717) is 0 Å². The summed E-state index contributed by atoms with van der Waals surface area (Å²) in [7, 11) is 0. The molecule has 7 rings (SSSR count). The van der Waals surface area contributed by atoms with Gasteiger partial charge in [-0.05, 0) is 55.9 Å². The summed E-state index contributed by atoms with van der Waals surface area (Å²) in [5, 5.41) is 5.68. The summed E-state index contributed by atoms with van der Waals surface area (Å²) in [6.45, 7) is 0. The molecule has 6 aromatic carbocycles. The molecule has 0 radical (unpaired) electrons. The zero-order chi connectivity index (χ0) is 10.3. The Balaban J connectivity index is 2.23. The first kappa shape index (κ1) is 7.24. The molecular formula is C16H8. The lowest BCUT2D eigenvalue weighted by atomic mass is 9.91. The van der Waals surface area contributed by atoms with Crippen LogP contribution in [0.2, 0.25) is 0 Å². The Morgan fingerprint density at radius 2 is 1.50 bits per heavy atom. The Morgan fingerprint density at radius 3 is 2.38 bits per heavy atom. The number of fused-ring (bicyclic) bond motifs is 2. The molecule has 0 unspecified atom stereocenters. The maximum atomic E-state index is 2.34. The largest absolute Gasteiger partial charge is 0.0616 e. The lowest BCUT2D eigenvalue weighted by molar-refractivity contribution is 1.72. The van der Waals surface area contributed by atoms with Gasteiger partial charge in [-0.2, -0.15) is 0 Å². The molecule has 0 aromatic heterocycles. The van der Waals surface area contributed by atoms with E-state index in [1.54, 1.807) is 0 Å². The molecule has 1 aliphatic rings. The molecule has 0 aliphatic heterocycles. The summed E-state index contributed by atoms with van der Waals surface area (Å²) in [6, 6.07) is 17.9. The number of hydrogen-bond donors (Lipinski definition) is 0. The van der Waals surface area contributed by atoms with Crippen molar-refractivity contribution in [2.75, 3.05) is 0 Å². The third-order valence-corrected chi connectivity index (χ3v) is 3.92. The van der Waals surface area contributed by atoms with Crippen LogP contribution in [0.3, 0.4) is 0 Å². The Morgan fingerprint density at radius 1 is 0.625 bits per heavy atom. The fourth-order valence-electron chi connectivity index (χ4n) is 3.29. The maximum absolute atomic E-state index is 2.34. The van der Waals surface area contributed by atoms with Crippen LogP contribution in [0.1, 0.15) is 0 Å². The average Bonchev–Trinajstić information content (AvgIpc) is 2.64. The second-order valence-electron chi connectivity index (χ2n) is 4.66. The highest BCUT2D eigenvalue weighted by Gasteiger charge is 2.26. The van der Waals surface area contributed by atoms with Gasteiger partial charge in [0.25, 0.3) is 0 Å². The normalized spacial score (nSPS) is 13.0. The topological polar surface area (TPSA) is 0 Å². The van der Waals surface area contributed by atoms with Gasteiger partial charge >= 0.3 is 0 Å². The van der Waals surface area contributed by atoms with Crippen LogP contribution in [0.4, 0.5) is 0 Å². The van der Waals surface area contributed by atoms with Gasteiger partial charge in [0.2, 0.25) is 0 Å². The van der Waals surface area contributed by atoms with Crippen LogP contribution in [0.15, 0.2) is 48.5 Å². The Bertz CT molecular complexity index is 839. The molecule has 0 heteroatoms. The molecule has 6 aromatic rings. The average molecular weight is 200 g/mol. The molecule has 0 amide bonds. The molecule has 0 nitrogen and oxygen atoms in total.